The predicted molar refractivity (Wildman–Crippen MR) is 98.0 cm³/mol. The van der Waals surface area contributed by atoms with Crippen LogP contribution in [0.15, 0.2) is 42.5 Å². The number of aromatic nitrogens is 1. The number of hydrogen-bond donors (Lipinski definition) is 1. The number of halogens is 3. The first kappa shape index (κ1) is 18.9. The molecule has 140 valence electrons. The monoisotopic (exact) mass is 392 g/mol. The number of rotatable bonds is 5. The molecule has 0 fully saturated rings. The van der Waals surface area contributed by atoms with Crippen molar-refractivity contribution in [3.8, 4) is 17.0 Å². The molecule has 1 aromatic heterocycles. The van der Waals surface area contributed by atoms with E-state index in [2.05, 4.69) is 15.0 Å². The summed E-state index contributed by atoms with van der Waals surface area (Å²) in [6.45, 7) is 0.667. The van der Waals surface area contributed by atoms with E-state index in [4.69, 9.17) is 0 Å². The average molecular weight is 392 g/mol. The van der Waals surface area contributed by atoms with Crippen LogP contribution in [0.25, 0.3) is 11.3 Å². The molecule has 0 unspecified atom stereocenters. The SMILES string of the molecule is Cc1ccc(F)cc1C(=O)Nc1nc(-c2ccc(OC(F)F)cc2)c(C)s1. The van der Waals surface area contributed by atoms with E-state index in [1.54, 1.807) is 19.1 Å². The van der Waals surface area contributed by atoms with Crippen molar-refractivity contribution in [2.24, 2.45) is 0 Å². The molecule has 1 amide bonds. The Bertz CT molecular complexity index is 972. The minimum Gasteiger partial charge on any atom is -0.435 e. The van der Waals surface area contributed by atoms with Crippen LogP contribution in [-0.4, -0.2) is 17.5 Å². The zero-order chi connectivity index (χ0) is 19.6. The van der Waals surface area contributed by atoms with Crippen molar-refractivity contribution in [2.45, 2.75) is 20.5 Å². The van der Waals surface area contributed by atoms with Gasteiger partial charge in [-0.3, -0.25) is 10.1 Å². The Morgan fingerprint density at radius 2 is 1.85 bits per heavy atom. The molecular formula is C19H15F3N2O2S. The van der Waals surface area contributed by atoms with Gasteiger partial charge in [0.05, 0.1) is 5.69 Å². The largest absolute Gasteiger partial charge is 0.435 e. The summed E-state index contributed by atoms with van der Waals surface area (Å²) in [6, 6.07) is 10.1. The molecule has 0 spiro atoms. The number of ether oxygens (including phenoxy) is 1. The number of anilines is 1. The third-order valence-corrected chi connectivity index (χ3v) is 4.70. The highest BCUT2D eigenvalue weighted by molar-refractivity contribution is 7.16. The van der Waals surface area contributed by atoms with Gasteiger partial charge in [-0.2, -0.15) is 8.78 Å². The van der Waals surface area contributed by atoms with Crippen molar-refractivity contribution < 1.29 is 22.7 Å². The number of benzene rings is 2. The van der Waals surface area contributed by atoms with E-state index >= 15 is 0 Å². The first-order chi connectivity index (χ1) is 12.8. The maximum Gasteiger partial charge on any atom is 0.387 e. The quantitative estimate of drug-likeness (QED) is 0.631. The predicted octanol–water partition coefficient (Wildman–Crippen LogP) is 5.42. The summed E-state index contributed by atoms with van der Waals surface area (Å²) >= 11 is 1.27. The lowest BCUT2D eigenvalue weighted by Crippen LogP contribution is -2.13. The van der Waals surface area contributed by atoms with E-state index in [1.807, 2.05) is 6.92 Å². The van der Waals surface area contributed by atoms with Gasteiger partial charge in [-0.1, -0.05) is 6.07 Å². The molecule has 2 aromatic carbocycles. The van der Waals surface area contributed by atoms with E-state index < -0.39 is 18.3 Å². The Hall–Kier alpha value is -2.87. The van der Waals surface area contributed by atoms with Gasteiger partial charge in [0.1, 0.15) is 11.6 Å². The normalized spacial score (nSPS) is 10.9. The zero-order valence-corrected chi connectivity index (χ0v) is 15.2. The fraction of sp³-hybridized carbons (Fsp3) is 0.158. The summed E-state index contributed by atoms with van der Waals surface area (Å²) in [7, 11) is 0. The molecule has 3 aromatic rings. The van der Waals surface area contributed by atoms with Crippen LogP contribution in [0, 0.1) is 19.7 Å². The second-order valence-electron chi connectivity index (χ2n) is 5.74. The maximum absolute atomic E-state index is 13.4. The van der Waals surface area contributed by atoms with Crippen molar-refractivity contribution in [1.82, 2.24) is 4.98 Å². The smallest absolute Gasteiger partial charge is 0.387 e. The summed E-state index contributed by atoms with van der Waals surface area (Å²) in [5, 5.41) is 3.04. The van der Waals surface area contributed by atoms with Gasteiger partial charge in [-0.25, -0.2) is 9.37 Å². The minimum absolute atomic E-state index is 0.0525. The summed E-state index contributed by atoms with van der Waals surface area (Å²) < 4.78 is 42.2. The molecule has 0 aliphatic rings. The van der Waals surface area contributed by atoms with Gasteiger partial charge in [0, 0.05) is 16.0 Å². The number of carbonyl (C=O) groups is 1. The first-order valence-corrected chi connectivity index (χ1v) is 8.75. The van der Waals surface area contributed by atoms with E-state index in [-0.39, 0.29) is 11.3 Å². The third kappa shape index (κ3) is 4.46. The number of amides is 1. The Kier molecular flexibility index (Phi) is 5.46. The lowest BCUT2D eigenvalue weighted by Gasteiger charge is -2.06. The number of alkyl halides is 2. The molecule has 27 heavy (non-hydrogen) atoms. The van der Waals surface area contributed by atoms with Crippen LogP contribution in [0.2, 0.25) is 0 Å². The van der Waals surface area contributed by atoms with Crippen molar-refractivity contribution in [1.29, 1.82) is 0 Å². The van der Waals surface area contributed by atoms with E-state index in [9.17, 15) is 18.0 Å². The molecule has 0 aliphatic carbocycles. The third-order valence-electron chi connectivity index (χ3n) is 3.81. The molecule has 4 nitrogen and oxygen atoms in total. The fourth-order valence-electron chi connectivity index (χ4n) is 2.52. The first-order valence-electron chi connectivity index (χ1n) is 7.93. The number of carbonyl (C=O) groups excluding carboxylic acids is 1. The van der Waals surface area contributed by atoms with Gasteiger partial charge in [-0.05, 0) is 55.8 Å². The van der Waals surface area contributed by atoms with E-state index in [0.29, 0.717) is 22.0 Å². The standard InChI is InChI=1S/C19H15F3N2O2S/c1-10-3-6-13(20)9-15(10)17(25)24-19-23-16(11(2)27-19)12-4-7-14(8-5-12)26-18(21)22/h3-9,18H,1-2H3,(H,23,24,25). The van der Waals surface area contributed by atoms with E-state index in [0.717, 1.165) is 4.88 Å². The second kappa shape index (κ2) is 7.79. The van der Waals surface area contributed by atoms with Crippen LogP contribution in [0.4, 0.5) is 18.3 Å². The summed E-state index contributed by atoms with van der Waals surface area (Å²) in [4.78, 5) is 17.6. The summed E-state index contributed by atoms with van der Waals surface area (Å²) in [6.07, 6.45) is 0. The van der Waals surface area contributed by atoms with Crippen LogP contribution in [0.3, 0.4) is 0 Å². The molecule has 0 saturated heterocycles. The highest BCUT2D eigenvalue weighted by Crippen LogP contribution is 2.32. The molecule has 1 N–H and O–H groups in total. The number of nitrogens with one attached hydrogen (secondary N) is 1. The van der Waals surface area contributed by atoms with Crippen molar-refractivity contribution in [3.63, 3.8) is 0 Å². The Balaban J connectivity index is 1.80. The van der Waals surface area contributed by atoms with Gasteiger partial charge in [0.2, 0.25) is 0 Å². The highest BCUT2D eigenvalue weighted by atomic mass is 32.1. The number of thiazole rings is 1. The van der Waals surface area contributed by atoms with Crippen LogP contribution < -0.4 is 10.1 Å². The van der Waals surface area contributed by atoms with Gasteiger partial charge < -0.3 is 4.74 Å². The van der Waals surface area contributed by atoms with Gasteiger partial charge in [-0.15, -0.1) is 11.3 Å². The molecule has 1 heterocycles. The van der Waals surface area contributed by atoms with Crippen molar-refractivity contribution >= 4 is 22.4 Å². The minimum atomic E-state index is -2.88. The molecular weight excluding hydrogens is 377 g/mol. The van der Waals surface area contributed by atoms with Crippen LogP contribution in [0.1, 0.15) is 20.8 Å². The number of aryl methyl sites for hydroxylation is 2. The van der Waals surface area contributed by atoms with Crippen LogP contribution in [-0.2, 0) is 0 Å². The summed E-state index contributed by atoms with van der Waals surface area (Å²) in [5.41, 5.74) is 2.21. The second-order valence-corrected chi connectivity index (χ2v) is 6.94. The van der Waals surface area contributed by atoms with Gasteiger partial charge >= 0.3 is 6.61 Å². The number of nitrogens with zero attached hydrogens (tertiary/aromatic N) is 1. The molecule has 0 radical (unpaired) electrons. The molecule has 8 heteroatoms. The molecule has 0 aliphatic heterocycles. The van der Waals surface area contributed by atoms with Crippen molar-refractivity contribution in [3.05, 3.63) is 64.3 Å². The molecule has 3 rings (SSSR count). The van der Waals surface area contributed by atoms with Crippen LogP contribution >= 0.6 is 11.3 Å². The van der Waals surface area contributed by atoms with Gasteiger partial charge in [0.25, 0.3) is 5.91 Å². The van der Waals surface area contributed by atoms with E-state index in [1.165, 1.54) is 41.7 Å². The maximum atomic E-state index is 13.4. The lowest BCUT2D eigenvalue weighted by atomic mass is 10.1. The summed E-state index contributed by atoms with van der Waals surface area (Å²) in [5.74, 6) is -0.891. The molecule has 0 saturated carbocycles. The zero-order valence-electron chi connectivity index (χ0n) is 14.4. The fourth-order valence-corrected chi connectivity index (χ4v) is 3.35. The lowest BCUT2D eigenvalue weighted by molar-refractivity contribution is -0.0498. The number of hydrogen-bond acceptors (Lipinski definition) is 4. The Morgan fingerprint density at radius 3 is 2.52 bits per heavy atom. The Labute approximate surface area is 157 Å². The van der Waals surface area contributed by atoms with Gasteiger partial charge in [0.15, 0.2) is 5.13 Å². The molecule has 0 bridgehead atoms. The topological polar surface area (TPSA) is 51.2 Å². The van der Waals surface area contributed by atoms with Crippen molar-refractivity contribution in [2.75, 3.05) is 5.32 Å². The van der Waals surface area contributed by atoms with Crippen LogP contribution in [0.5, 0.6) is 5.75 Å². The average Bonchev–Trinajstić information content (AvgIpc) is 2.97. The molecule has 0 atom stereocenters. The highest BCUT2D eigenvalue weighted by Gasteiger charge is 2.15. The Morgan fingerprint density at radius 1 is 1.15 bits per heavy atom.